The normalized spacial score (nSPS) is 19.3. The van der Waals surface area contributed by atoms with Crippen LogP contribution in [0.15, 0.2) is 29.3 Å². The number of anilines is 1. The number of hydrogen-bond donors (Lipinski definition) is 1. The quantitative estimate of drug-likeness (QED) is 0.369. The molecular formula is C21H36IN5O. The number of hydrogen-bond acceptors (Lipinski definition) is 4. The topological polar surface area (TPSA) is 43.3 Å². The zero-order valence-electron chi connectivity index (χ0n) is 17.6. The molecule has 0 bridgehead atoms. The molecule has 2 aliphatic rings. The van der Waals surface area contributed by atoms with Crippen molar-refractivity contribution in [3.8, 4) is 5.75 Å². The molecule has 1 N–H and O–H groups in total. The van der Waals surface area contributed by atoms with E-state index >= 15 is 0 Å². The molecule has 0 saturated carbocycles. The molecule has 1 aromatic rings. The molecule has 1 atom stereocenters. The third-order valence-corrected chi connectivity index (χ3v) is 5.59. The molecule has 3 rings (SSSR count). The maximum absolute atomic E-state index is 5.35. The monoisotopic (exact) mass is 501 g/mol. The van der Waals surface area contributed by atoms with Gasteiger partial charge in [0.15, 0.2) is 5.96 Å². The van der Waals surface area contributed by atoms with E-state index < -0.39 is 0 Å². The van der Waals surface area contributed by atoms with Gasteiger partial charge in [0.1, 0.15) is 5.75 Å². The number of likely N-dealkylation sites (tertiary alicyclic amines) is 1. The second-order valence-corrected chi connectivity index (χ2v) is 7.72. The van der Waals surface area contributed by atoms with Gasteiger partial charge in [-0.3, -0.25) is 4.99 Å². The second-order valence-electron chi connectivity index (χ2n) is 7.72. The minimum atomic E-state index is 0. The first-order valence-corrected chi connectivity index (χ1v) is 10.3. The van der Waals surface area contributed by atoms with Crippen molar-refractivity contribution < 1.29 is 4.74 Å². The van der Waals surface area contributed by atoms with E-state index in [0.717, 1.165) is 44.4 Å². The molecule has 28 heavy (non-hydrogen) atoms. The van der Waals surface area contributed by atoms with Gasteiger partial charge in [0.2, 0.25) is 0 Å². The fraction of sp³-hybridized carbons (Fsp3) is 0.667. The Bertz CT molecular complexity index is 613. The van der Waals surface area contributed by atoms with Crippen molar-refractivity contribution in [2.24, 2.45) is 10.9 Å². The number of nitrogens with one attached hydrogen (secondary N) is 1. The zero-order chi connectivity index (χ0) is 19.1. The summed E-state index contributed by atoms with van der Waals surface area (Å²) in [6.45, 7) is 11.0. The summed E-state index contributed by atoms with van der Waals surface area (Å²) < 4.78 is 5.35. The Labute approximate surface area is 187 Å². The summed E-state index contributed by atoms with van der Waals surface area (Å²) in [4.78, 5) is 11.9. The highest BCUT2D eigenvalue weighted by atomic mass is 127. The number of benzene rings is 1. The summed E-state index contributed by atoms with van der Waals surface area (Å²) in [7, 11) is 3.61. The summed E-state index contributed by atoms with van der Waals surface area (Å²) in [6.07, 6.45) is 2.72. The third kappa shape index (κ3) is 6.40. The Hall–Kier alpha value is -1.22. The van der Waals surface area contributed by atoms with Crippen LogP contribution in [0.2, 0.25) is 0 Å². The SMILES string of the molecule is CN=C(NCC(C)CN1CCCC1)N1CCN(c2cccc(OC)c2)CC1.I. The number of ether oxygens (including phenoxy) is 1. The lowest BCUT2D eigenvalue weighted by Gasteiger charge is -2.38. The summed E-state index contributed by atoms with van der Waals surface area (Å²) in [5.74, 6) is 2.59. The molecule has 0 spiro atoms. The summed E-state index contributed by atoms with van der Waals surface area (Å²) in [5, 5.41) is 3.60. The lowest BCUT2D eigenvalue weighted by atomic mass is 10.1. The molecule has 0 radical (unpaired) electrons. The van der Waals surface area contributed by atoms with Gasteiger partial charge in [0, 0.05) is 58.1 Å². The number of methoxy groups -OCH3 is 1. The van der Waals surface area contributed by atoms with E-state index in [9.17, 15) is 0 Å². The Morgan fingerprint density at radius 3 is 2.50 bits per heavy atom. The summed E-state index contributed by atoms with van der Waals surface area (Å²) in [5.41, 5.74) is 1.23. The van der Waals surface area contributed by atoms with Crippen LogP contribution in [0.5, 0.6) is 5.75 Å². The van der Waals surface area contributed by atoms with Crippen LogP contribution in [0.4, 0.5) is 5.69 Å². The first kappa shape index (κ1) is 23.1. The molecule has 2 saturated heterocycles. The van der Waals surface area contributed by atoms with Crippen LogP contribution in [-0.2, 0) is 0 Å². The minimum Gasteiger partial charge on any atom is -0.497 e. The Balaban J connectivity index is 0.00000280. The minimum absolute atomic E-state index is 0. The van der Waals surface area contributed by atoms with E-state index in [-0.39, 0.29) is 24.0 Å². The van der Waals surface area contributed by atoms with Gasteiger partial charge >= 0.3 is 0 Å². The lowest BCUT2D eigenvalue weighted by molar-refractivity contribution is 0.285. The van der Waals surface area contributed by atoms with Crippen molar-refractivity contribution in [2.45, 2.75) is 19.8 Å². The predicted octanol–water partition coefficient (Wildman–Crippen LogP) is 2.74. The first-order valence-electron chi connectivity index (χ1n) is 10.3. The highest BCUT2D eigenvalue weighted by Crippen LogP contribution is 2.22. The van der Waals surface area contributed by atoms with Crippen LogP contribution in [0.3, 0.4) is 0 Å². The molecule has 2 aliphatic heterocycles. The summed E-state index contributed by atoms with van der Waals surface area (Å²) >= 11 is 0. The van der Waals surface area contributed by atoms with E-state index in [2.05, 4.69) is 50.1 Å². The maximum Gasteiger partial charge on any atom is 0.193 e. The Morgan fingerprint density at radius 2 is 1.86 bits per heavy atom. The van der Waals surface area contributed by atoms with Crippen molar-refractivity contribution in [2.75, 3.05) is 71.4 Å². The van der Waals surface area contributed by atoms with E-state index in [1.54, 1.807) is 7.11 Å². The average molecular weight is 501 g/mol. The molecule has 158 valence electrons. The van der Waals surface area contributed by atoms with Crippen molar-refractivity contribution in [3.05, 3.63) is 24.3 Å². The standard InChI is InChI=1S/C21H35N5O.HI/c1-18(17-24-9-4-5-10-24)16-23-21(22-2)26-13-11-25(12-14-26)19-7-6-8-20(15-19)27-3;/h6-8,15,18H,4-5,9-14,16-17H2,1-3H3,(H,22,23);1H. The molecule has 0 aliphatic carbocycles. The highest BCUT2D eigenvalue weighted by molar-refractivity contribution is 14.0. The number of piperazine rings is 1. The van der Waals surface area contributed by atoms with Crippen molar-refractivity contribution >= 4 is 35.6 Å². The van der Waals surface area contributed by atoms with Gasteiger partial charge in [-0.05, 0) is 44.0 Å². The van der Waals surface area contributed by atoms with Crippen LogP contribution < -0.4 is 15.0 Å². The van der Waals surface area contributed by atoms with Crippen LogP contribution in [0.1, 0.15) is 19.8 Å². The number of nitrogens with zero attached hydrogens (tertiary/aromatic N) is 4. The largest absolute Gasteiger partial charge is 0.497 e. The van der Waals surface area contributed by atoms with Gasteiger partial charge in [-0.25, -0.2) is 0 Å². The van der Waals surface area contributed by atoms with Gasteiger partial charge in [-0.15, -0.1) is 24.0 Å². The molecule has 1 unspecified atom stereocenters. The van der Waals surface area contributed by atoms with E-state index in [1.807, 2.05) is 13.1 Å². The summed E-state index contributed by atoms with van der Waals surface area (Å²) in [6, 6.07) is 8.33. The van der Waals surface area contributed by atoms with Crippen LogP contribution in [0.25, 0.3) is 0 Å². The number of rotatable bonds is 6. The fourth-order valence-corrected chi connectivity index (χ4v) is 4.05. The number of aliphatic imine (C=N–C) groups is 1. The Morgan fingerprint density at radius 1 is 1.14 bits per heavy atom. The van der Waals surface area contributed by atoms with Crippen molar-refractivity contribution in [3.63, 3.8) is 0 Å². The van der Waals surface area contributed by atoms with Crippen molar-refractivity contribution in [1.29, 1.82) is 0 Å². The van der Waals surface area contributed by atoms with Crippen LogP contribution in [-0.4, -0.2) is 82.3 Å². The molecule has 0 aromatic heterocycles. The first-order chi connectivity index (χ1) is 13.2. The smallest absolute Gasteiger partial charge is 0.193 e. The number of halogens is 1. The van der Waals surface area contributed by atoms with E-state index in [4.69, 9.17) is 4.74 Å². The highest BCUT2D eigenvalue weighted by Gasteiger charge is 2.21. The molecule has 6 nitrogen and oxygen atoms in total. The molecule has 7 heteroatoms. The van der Waals surface area contributed by atoms with Gasteiger partial charge in [0.05, 0.1) is 7.11 Å². The molecule has 0 amide bonds. The molecule has 2 fully saturated rings. The maximum atomic E-state index is 5.35. The van der Waals surface area contributed by atoms with Gasteiger partial charge < -0.3 is 24.8 Å². The van der Waals surface area contributed by atoms with Gasteiger partial charge in [-0.2, -0.15) is 0 Å². The third-order valence-electron chi connectivity index (χ3n) is 5.59. The Kier molecular flexibility index (Phi) is 9.64. The predicted molar refractivity (Wildman–Crippen MR) is 128 cm³/mol. The molecule has 1 aromatic carbocycles. The van der Waals surface area contributed by atoms with Crippen molar-refractivity contribution in [1.82, 2.24) is 15.1 Å². The van der Waals surface area contributed by atoms with Crippen LogP contribution >= 0.6 is 24.0 Å². The lowest BCUT2D eigenvalue weighted by Crippen LogP contribution is -2.53. The average Bonchev–Trinajstić information content (AvgIpc) is 3.22. The van der Waals surface area contributed by atoms with Gasteiger partial charge in [-0.1, -0.05) is 13.0 Å². The zero-order valence-corrected chi connectivity index (χ0v) is 19.9. The molecular weight excluding hydrogens is 465 g/mol. The van der Waals surface area contributed by atoms with Crippen LogP contribution in [0, 0.1) is 5.92 Å². The fourth-order valence-electron chi connectivity index (χ4n) is 4.05. The van der Waals surface area contributed by atoms with E-state index in [1.165, 1.54) is 38.2 Å². The van der Waals surface area contributed by atoms with Gasteiger partial charge in [0.25, 0.3) is 0 Å². The molecule has 2 heterocycles. The number of guanidine groups is 1. The second kappa shape index (κ2) is 11.7. The van der Waals surface area contributed by atoms with E-state index in [0.29, 0.717) is 5.92 Å².